The third-order valence-electron chi connectivity index (χ3n) is 2.17. The van der Waals surface area contributed by atoms with E-state index in [0.29, 0.717) is 0 Å². The van der Waals surface area contributed by atoms with Crippen molar-refractivity contribution in [3.63, 3.8) is 0 Å². The fraction of sp³-hybridized carbons (Fsp3) is 0.333. The van der Waals surface area contributed by atoms with Crippen LogP contribution in [0.2, 0.25) is 0 Å². The van der Waals surface area contributed by atoms with Gasteiger partial charge < -0.3 is 11.5 Å². The molecule has 0 unspecified atom stereocenters. The number of hydrogen-bond donors (Lipinski definition) is 2. The molecule has 0 radical (unpaired) electrons. The fourth-order valence-corrected chi connectivity index (χ4v) is 1.38. The van der Waals surface area contributed by atoms with Crippen molar-refractivity contribution >= 4 is 16.9 Å². The average Bonchev–Trinajstić information content (AvgIpc) is 2.12. The van der Waals surface area contributed by atoms with Crippen LogP contribution >= 0.6 is 0 Å². The lowest BCUT2D eigenvalue weighted by Gasteiger charge is -2.05. The molecule has 76 valence electrons. The van der Waals surface area contributed by atoms with Crippen LogP contribution in [0.15, 0.2) is 24.3 Å². The molecule has 2 heteroatoms. The SMILES string of the molecule is CCC/C=C(\C)c1cc(N)cc(N)c1. The van der Waals surface area contributed by atoms with Crippen molar-refractivity contribution in [1.29, 1.82) is 0 Å². The Hall–Kier alpha value is -1.44. The fourth-order valence-electron chi connectivity index (χ4n) is 1.38. The van der Waals surface area contributed by atoms with E-state index in [0.717, 1.165) is 29.8 Å². The van der Waals surface area contributed by atoms with Gasteiger partial charge in [0, 0.05) is 11.4 Å². The van der Waals surface area contributed by atoms with Crippen LogP contribution in [-0.2, 0) is 0 Å². The first-order chi connectivity index (χ1) is 6.63. The minimum absolute atomic E-state index is 0.726. The first kappa shape index (κ1) is 10.6. The van der Waals surface area contributed by atoms with Gasteiger partial charge in [-0.15, -0.1) is 0 Å². The van der Waals surface area contributed by atoms with Crippen molar-refractivity contribution in [1.82, 2.24) is 0 Å². The van der Waals surface area contributed by atoms with Gasteiger partial charge in [-0.25, -0.2) is 0 Å². The maximum Gasteiger partial charge on any atom is 0.0340 e. The summed E-state index contributed by atoms with van der Waals surface area (Å²) in [5.41, 5.74) is 15.3. The van der Waals surface area contributed by atoms with Gasteiger partial charge >= 0.3 is 0 Å². The number of nitrogens with two attached hydrogens (primary N) is 2. The Bertz CT molecular complexity index is 320. The van der Waals surface area contributed by atoms with E-state index in [4.69, 9.17) is 11.5 Å². The van der Waals surface area contributed by atoms with Gasteiger partial charge in [0.1, 0.15) is 0 Å². The van der Waals surface area contributed by atoms with Crippen molar-refractivity contribution < 1.29 is 0 Å². The Morgan fingerprint density at radius 2 is 1.79 bits per heavy atom. The highest BCUT2D eigenvalue weighted by Crippen LogP contribution is 2.21. The second-order valence-corrected chi connectivity index (χ2v) is 3.56. The lowest BCUT2D eigenvalue weighted by atomic mass is 10.0. The molecule has 0 aliphatic heterocycles. The van der Waals surface area contributed by atoms with E-state index < -0.39 is 0 Å². The number of rotatable bonds is 3. The standard InChI is InChI=1S/C12H18N2/c1-3-4-5-9(2)10-6-11(13)8-12(14)7-10/h5-8H,3-4,13-14H2,1-2H3/b9-5+. The largest absolute Gasteiger partial charge is 0.399 e. The molecule has 1 rings (SSSR count). The second kappa shape index (κ2) is 4.70. The molecule has 0 saturated heterocycles. The average molecular weight is 190 g/mol. The minimum atomic E-state index is 0.726. The number of unbranched alkanes of at least 4 members (excludes halogenated alkanes) is 1. The van der Waals surface area contributed by atoms with E-state index in [1.54, 1.807) is 6.07 Å². The van der Waals surface area contributed by atoms with Gasteiger partial charge in [-0.05, 0) is 42.7 Å². The normalized spacial score (nSPS) is 11.7. The highest BCUT2D eigenvalue weighted by atomic mass is 14.6. The minimum Gasteiger partial charge on any atom is -0.399 e. The van der Waals surface area contributed by atoms with Crippen molar-refractivity contribution in [3.8, 4) is 0 Å². The lowest BCUT2D eigenvalue weighted by Crippen LogP contribution is -1.92. The van der Waals surface area contributed by atoms with Crippen LogP contribution in [0.1, 0.15) is 32.3 Å². The Morgan fingerprint density at radius 3 is 2.29 bits per heavy atom. The molecule has 0 spiro atoms. The number of anilines is 2. The topological polar surface area (TPSA) is 52.0 Å². The molecule has 0 amide bonds. The van der Waals surface area contributed by atoms with Crippen LogP contribution in [0.25, 0.3) is 5.57 Å². The molecule has 14 heavy (non-hydrogen) atoms. The Kier molecular flexibility index (Phi) is 3.57. The predicted octanol–water partition coefficient (Wildman–Crippen LogP) is 3.05. The molecule has 0 aliphatic rings. The van der Waals surface area contributed by atoms with Gasteiger partial charge in [0.2, 0.25) is 0 Å². The van der Waals surface area contributed by atoms with Gasteiger partial charge in [0.05, 0.1) is 0 Å². The summed E-state index contributed by atoms with van der Waals surface area (Å²) in [4.78, 5) is 0. The molecule has 0 aromatic heterocycles. The smallest absolute Gasteiger partial charge is 0.0340 e. The number of hydrogen-bond acceptors (Lipinski definition) is 2. The number of benzene rings is 1. The summed E-state index contributed by atoms with van der Waals surface area (Å²) in [6, 6.07) is 5.69. The highest BCUT2D eigenvalue weighted by Gasteiger charge is 1.98. The van der Waals surface area contributed by atoms with Gasteiger partial charge in [0.15, 0.2) is 0 Å². The van der Waals surface area contributed by atoms with E-state index in [9.17, 15) is 0 Å². The Morgan fingerprint density at radius 1 is 1.21 bits per heavy atom. The van der Waals surface area contributed by atoms with Crippen LogP contribution in [0.3, 0.4) is 0 Å². The van der Waals surface area contributed by atoms with E-state index in [-0.39, 0.29) is 0 Å². The van der Waals surface area contributed by atoms with Crippen LogP contribution in [0, 0.1) is 0 Å². The molecule has 2 nitrogen and oxygen atoms in total. The molecular formula is C12H18N2. The number of allylic oxidation sites excluding steroid dienone is 2. The van der Waals surface area contributed by atoms with E-state index >= 15 is 0 Å². The molecule has 0 bridgehead atoms. The van der Waals surface area contributed by atoms with Crippen LogP contribution in [0.5, 0.6) is 0 Å². The van der Waals surface area contributed by atoms with Gasteiger partial charge in [-0.3, -0.25) is 0 Å². The van der Waals surface area contributed by atoms with Crippen molar-refractivity contribution in [2.24, 2.45) is 0 Å². The van der Waals surface area contributed by atoms with Gasteiger partial charge in [-0.2, -0.15) is 0 Å². The Balaban J connectivity index is 2.95. The van der Waals surface area contributed by atoms with Crippen LogP contribution in [0.4, 0.5) is 11.4 Å². The summed E-state index contributed by atoms with van der Waals surface area (Å²) >= 11 is 0. The molecule has 1 aromatic rings. The zero-order valence-corrected chi connectivity index (χ0v) is 8.88. The maximum atomic E-state index is 5.72. The zero-order chi connectivity index (χ0) is 10.6. The molecule has 1 aromatic carbocycles. The Labute approximate surface area is 85.6 Å². The van der Waals surface area contributed by atoms with Crippen molar-refractivity contribution in [2.75, 3.05) is 11.5 Å². The molecule has 0 saturated carbocycles. The van der Waals surface area contributed by atoms with Crippen molar-refractivity contribution in [3.05, 3.63) is 29.8 Å². The highest BCUT2D eigenvalue weighted by molar-refractivity contribution is 5.70. The lowest BCUT2D eigenvalue weighted by molar-refractivity contribution is 0.959. The van der Waals surface area contributed by atoms with Gasteiger partial charge in [-0.1, -0.05) is 19.4 Å². The molecule has 0 heterocycles. The van der Waals surface area contributed by atoms with Crippen molar-refractivity contribution in [2.45, 2.75) is 26.7 Å². The molecule has 4 N–H and O–H groups in total. The van der Waals surface area contributed by atoms with Gasteiger partial charge in [0.25, 0.3) is 0 Å². The predicted molar refractivity (Wildman–Crippen MR) is 63.8 cm³/mol. The second-order valence-electron chi connectivity index (χ2n) is 3.56. The summed E-state index contributed by atoms with van der Waals surface area (Å²) in [5.74, 6) is 0. The third-order valence-corrected chi connectivity index (χ3v) is 2.17. The summed E-state index contributed by atoms with van der Waals surface area (Å²) in [6.07, 6.45) is 4.48. The first-order valence-corrected chi connectivity index (χ1v) is 4.96. The summed E-state index contributed by atoms with van der Waals surface area (Å²) in [5, 5.41) is 0. The summed E-state index contributed by atoms with van der Waals surface area (Å²) < 4.78 is 0. The summed E-state index contributed by atoms with van der Waals surface area (Å²) in [6.45, 7) is 4.25. The third kappa shape index (κ3) is 2.80. The zero-order valence-electron chi connectivity index (χ0n) is 8.88. The van der Waals surface area contributed by atoms with E-state index in [2.05, 4.69) is 19.9 Å². The maximum absolute atomic E-state index is 5.72. The van der Waals surface area contributed by atoms with E-state index in [1.807, 2.05) is 12.1 Å². The number of nitrogen functional groups attached to an aromatic ring is 2. The summed E-state index contributed by atoms with van der Waals surface area (Å²) in [7, 11) is 0. The van der Waals surface area contributed by atoms with E-state index in [1.165, 1.54) is 5.57 Å². The molecule has 0 fully saturated rings. The quantitative estimate of drug-likeness (QED) is 0.720. The molecular weight excluding hydrogens is 172 g/mol. The molecule has 0 aliphatic carbocycles. The van der Waals surface area contributed by atoms with Crippen LogP contribution < -0.4 is 11.5 Å². The monoisotopic (exact) mass is 190 g/mol. The molecule has 0 atom stereocenters. The first-order valence-electron chi connectivity index (χ1n) is 4.96. The van der Waals surface area contributed by atoms with Crippen LogP contribution in [-0.4, -0.2) is 0 Å².